The van der Waals surface area contributed by atoms with Crippen LogP contribution in [-0.4, -0.2) is 24.9 Å². The molecule has 0 aliphatic carbocycles. The Morgan fingerprint density at radius 2 is 2.00 bits per heavy atom. The maximum atomic E-state index is 6.05. The molecule has 90 valence electrons. The van der Waals surface area contributed by atoms with Crippen LogP contribution in [0.1, 0.15) is 6.92 Å². The number of nitrogens with one attached hydrogen (secondary N) is 2. The second kappa shape index (κ2) is 5.38. The molecule has 1 aromatic rings. The van der Waals surface area contributed by atoms with Crippen LogP contribution in [0.25, 0.3) is 0 Å². The van der Waals surface area contributed by atoms with Gasteiger partial charge in [0.2, 0.25) is 5.96 Å². The highest BCUT2D eigenvalue weighted by molar-refractivity contribution is 6.40. The molecule has 1 heterocycles. The van der Waals surface area contributed by atoms with E-state index in [0.717, 1.165) is 12.4 Å². The van der Waals surface area contributed by atoms with Crippen molar-refractivity contribution in [3.63, 3.8) is 0 Å². The van der Waals surface area contributed by atoms with Crippen molar-refractivity contribution in [2.24, 2.45) is 9.98 Å². The second-order valence-corrected chi connectivity index (χ2v) is 4.26. The Hall–Kier alpha value is -1.26. The van der Waals surface area contributed by atoms with Crippen LogP contribution in [0.5, 0.6) is 0 Å². The van der Waals surface area contributed by atoms with Gasteiger partial charge in [-0.3, -0.25) is 0 Å². The number of rotatable bonds is 2. The van der Waals surface area contributed by atoms with E-state index in [2.05, 4.69) is 20.6 Å². The number of halogens is 2. The summed E-state index contributed by atoms with van der Waals surface area (Å²) in [5, 5.41) is 7.28. The molecule has 0 radical (unpaired) electrons. The van der Waals surface area contributed by atoms with Crippen LogP contribution >= 0.6 is 23.2 Å². The average molecular weight is 271 g/mol. The fourth-order valence-electron chi connectivity index (χ4n) is 1.43. The van der Waals surface area contributed by atoms with Crippen molar-refractivity contribution >= 4 is 40.7 Å². The minimum Gasteiger partial charge on any atom is -0.355 e. The van der Waals surface area contributed by atoms with Gasteiger partial charge in [0.05, 0.1) is 15.7 Å². The predicted octanol–water partition coefficient (Wildman–Crippen LogP) is 2.78. The van der Waals surface area contributed by atoms with Crippen molar-refractivity contribution in [3.8, 4) is 0 Å². The molecule has 0 atom stereocenters. The molecule has 0 fully saturated rings. The first kappa shape index (κ1) is 12.2. The van der Waals surface area contributed by atoms with Crippen LogP contribution in [0.3, 0.4) is 0 Å². The summed E-state index contributed by atoms with van der Waals surface area (Å²) in [4.78, 5) is 8.50. The summed E-state index contributed by atoms with van der Waals surface area (Å²) in [6, 6.07) is 5.35. The Kier molecular flexibility index (Phi) is 3.86. The van der Waals surface area contributed by atoms with Crippen molar-refractivity contribution in [3.05, 3.63) is 28.2 Å². The van der Waals surface area contributed by atoms with Gasteiger partial charge in [-0.25, -0.2) is 4.99 Å². The molecule has 0 amide bonds. The number of hydrogen-bond donors (Lipinski definition) is 2. The van der Waals surface area contributed by atoms with Gasteiger partial charge < -0.3 is 10.6 Å². The highest BCUT2D eigenvalue weighted by Crippen LogP contribution is 2.29. The van der Waals surface area contributed by atoms with Crippen LogP contribution in [0.2, 0.25) is 10.0 Å². The number of aliphatic imine (C=N–C) groups is 2. The number of guanidine groups is 1. The van der Waals surface area contributed by atoms with Crippen molar-refractivity contribution in [2.75, 3.05) is 18.4 Å². The molecule has 1 aromatic carbocycles. The van der Waals surface area contributed by atoms with E-state index in [0.29, 0.717) is 28.2 Å². The van der Waals surface area contributed by atoms with Gasteiger partial charge >= 0.3 is 0 Å². The van der Waals surface area contributed by atoms with Gasteiger partial charge in [0.25, 0.3) is 0 Å². The summed E-state index contributed by atoms with van der Waals surface area (Å²) < 4.78 is 0. The van der Waals surface area contributed by atoms with Crippen LogP contribution in [0.15, 0.2) is 28.2 Å². The predicted molar refractivity (Wildman–Crippen MR) is 73.5 cm³/mol. The number of anilines is 1. The van der Waals surface area contributed by atoms with E-state index in [9.17, 15) is 0 Å². The lowest BCUT2D eigenvalue weighted by Crippen LogP contribution is -2.20. The summed E-state index contributed by atoms with van der Waals surface area (Å²) in [6.07, 6.45) is 0. The van der Waals surface area contributed by atoms with Crippen LogP contribution in [0, 0.1) is 0 Å². The van der Waals surface area contributed by atoms with Crippen LogP contribution in [-0.2, 0) is 0 Å². The van der Waals surface area contributed by atoms with Gasteiger partial charge in [-0.1, -0.05) is 29.3 Å². The number of nitrogens with zero attached hydrogens (tertiary/aromatic N) is 2. The van der Waals surface area contributed by atoms with Crippen LogP contribution < -0.4 is 10.6 Å². The summed E-state index contributed by atoms with van der Waals surface area (Å²) in [5.74, 6) is 1.37. The zero-order chi connectivity index (χ0) is 12.3. The molecule has 4 nitrogen and oxygen atoms in total. The third-order valence-electron chi connectivity index (χ3n) is 2.19. The summed E-state index contributed by atoms with van der Waals surface area (Å²) in [6.45, 7) is 3.29. The third-order valence-corrected chi connectivity index (χ3v) is 2.82. The lowest BCUT2D eigenvalue weighted by molar-refractivity contribution is 0.954. The highest BCUT2D eigenvalue weighted by Gasteiger charge is 2.12. The molecule has 0 saturated carbocycles. The van der Waals surface area contributed by atoms with Crippen molar-refractivity contribution < 1.29 is 0 Å². The molecule has 0 aromatic heterocycles. The number of hydrogen-bond acceptors (Lipinski definition) is 4. The first-order chi connectivity index (χ1) is 8.20. The van der Waals surface area contributed by atoms with E-state index >= 15 is 0 Å². The Balaban J connectivity index is 2.11. The van der Waals surface area contributed by atoms with Gasteiger partial charge in [-0.05, 0) is 19.1 Å². The maximum Gasteiger partial charge on any atom is 0.220 e. The monoisotopic (exact) mass is 270 g/mol. The minimum absolute atomic E-state index is 0.504. The summed E-state index contributed by atoms with van der Waals surface area (Å²) in [7, 11) is 0. The average Bonchev–Trinajstić information content (AvgIpc) is 2.72. The quantitative estimate of drug-likeness (QED) is 0.868. The topological polar surface area (TPSA) is 48.8 Å². The van der Waals surface area contributed by atoms with Gasteiger partial charge in [0.1, 0.15) is 12.4 Å². The molecule has 2 rings (SSSR count). The Bertz CT molecular complexity index is 462. The Morgan fingerprint density at radius 1 is 1.29 bits per heavy atom. The molecule has 2 N–H and O–H groups in total. The minimum atomic E-state index is 0.504. The van der Waals surface area contributed by atoms with Crippen molar-refractivity contribution in [1.29, 1.82) is 0 Å². The van der Waals surface area contributed by atoms with Gasteiger partial charge in [0.15, 0.2) is 0 Å². The molecule has 0 saturated heterocycles. The van der Waals surface area contributed by atoms with Gasteiger partial charge in [0, 0.05) is 6.54 Å². The number of benzene rings is 1. The van der Waals surface area contributed by atoms with E-state index in [1.165, 1.54) is 0 Å². The molecular formula is C11H12Cl2N4. The fourth-order valence-corrected chi connectivity index (χ4v) is 1.92. The molecule has 6 heteroatoms. The van der Waals surface area contributed by atoms with E-state index < -0.39 is 0 Å². The second-order valence-electron chi connectivity index (χ2n) is 3.45. The first-order valence-electron chi connectivity index (χ1n) is 5.27. The first-order valence-corrected chi connectivity index (χ1v) is 6.03. The van der Waals surface area contributed by atoms with Gasteiger partial charge in [-0.15, -0.1) is 0 Å². The normalized spacial score (nSPS) is 14.3. The SMILES string of the molecule is CCNC1=NCC(Nc2c(Cl)cccc2Cl)=N1. The summed E-state index contributed by atoms with van der Waals surface area (Å²) >= 11 is 12.1. The molecular weight excluding hydrogens is 259 g/mol. The fraction of sp³-hybridized carbons (Fsp3) is 0.273. The van der Waals surface area contributed by atoms with Crippen molar-refractivity contribution in [2.45, 2.75) is 6.92 Å². The van der Waals surface area contributed by atoms with E-state index in [1.54, 1.807) is 18.2 Å². The standard InChI is InChI=1S/C11H12Cl2N4/c1-2-14-11-15-6-9(17-11)16-10-7(12)4-3-5-8(10)13/h3-5H,2,6H2,1H3,(H2,14,15,16,17). The van der Waals surface area contributed by atoms with E-state index in [-0.39, 0.29) is 0 Å². The zero-order valence-electron chi connectivity index (χ0n) is 9.30. The van der Waals surface area contributed by atoms with Crippen LogP contribution in [0.4, 0.5) is 5.69 Å². The molecule has 1 aliphatic rings. The van der Waals surface area contributed by atoms with Gasteiger partial charge in [-0.2, -0.15) is 4.99 Å². The van der Waals surface area contributed by atoms with E-state index in [1.807, 2.05) is 6.92 Å². The smallest absolute Gasteiger partial charge is 0.220 e. The lowest BCUT2D eigenvalue weighted by Gasteiger charge is -2.08. The number of amidine groups is 1. The zero-order valence-corrected chi connectivity index (χ0v) is 10.8. The van der Waals surface area contributed by atoms with E-state index in [4.69, 9.17) is 23.2 Å². The summed E-state index contributed by atoms with van der Waals surface area (Å²) in [5.41, 5.74) is 0.669. The molecule has 0 spiro atoms. The molecule has 0 bridgehead atoms. The Labute approximate surface area is 110 Å². The Morgan fingerprint density at radius 3 is 2.65 bits per heavy atom. The molecule has 1 aliphatic heterocycles. The third kappa shape index (κ3) is 2.90. The highest BCUT2D eigenvalue weighted by atomic mass is 35.5. The number of para-hydroxylation sites is 1. The maximum absolute atomic E-state index is 6.05. The molecule has 0 unspecified atom stereocenters. The largest absolute Gasteiger partial charge is 0.355 e. The molecule has 17 heavy (non-hydrogen) atoms. The van der Waals surface area contributed by atoms with Crippen molar-refractivity contribution in [1.82, 2.24) is 5.32 Å². The lowest BCUT2D eigenvalue weighted by atomic mass is 10.3.